The molecule has 0 spiro atoms. The monoisotopic (exact) mass is 257 g/mol. The lowest BCUT2D eigenvalue weighted by Crippen LogP contribution is -2.37. The van der Waals surface area contributed by atoms with E-state index in [0.717, 1.165) is 36.0 Å². The van der Waals surface area contributed by atoms with Crippen LogP contribution in [0.4, 0.5) is 5.82 Å². The molecule has 88 valence electrons. The van der Waals surface area contributed by atoms with Crippen molar-refractivity contribution in [2.45, 2.75) is 26.0 Å². The molecule has 1 fully saturated rings. The molecule has 1 atom stereocenters. The molecule has 2 heterocycles. The first kappa shape index (κ1) is 12.0. The predicted octanol–water partition coefficient (Wildman–Crippen LogP) is 2.69. The fraction of sp³-hybridized carbons (Fsp3) is 0.636. The normalized spacial score (nSPS) is 21.2. The van der Waals surface area contributed by atoms with Gasteiger partial charge < -0.3 is 4.90 Å². The van der Waals surface area contributed by atoms with Crippen LogP contribution in [0.5, 0.6) is 0 Å². The Hall–Kier alpha value is -0.480. The molecular formula is C11H16ClN3S. The number of aryl methyl sites for hydroxylation is 1. The summed E-state index contributed by atoms with van der Waals surface area (Å²) in [5, 5.41) is 1.23. The number of aromatic nitrogens is 2. The molecule has 0 aliphatic carbocycles. The van der Waals surface area contributed by atoms with E-state index in [2.05, 4.69) is 21.8 Å². The van der Waals surface area contributed by atoms with Gasteiger partial charge in [-0.3, -0.25) is 0 Å². The van der Waals surface area contributed by atoms with Gasteiger partial charge in [-0.05, 0) is 13.8 Å². The summed E-state index contributed by atoms with van der Waals surface area (Å²) in [4.78, 5) is 11.0. The van der Waals surface area contributed by atoms with Crippen molar-refractivity contribution in [1.29, 1.82) is 0 Å². The first-order chi connectivity index (χ1) is 7.58. The van der Waals surface area contributed by atoms with Crippen LogP contribution in [0.25, 0.3) is 0 Å². The second kappa shape index (κ2) is 4.80. The minimum absolute atomic E-state index is 0.577. The van der Waals surface area contributed by atoms with Gasteiger partial charge in [0.2, 0.25) is 0 Å². The average molecular weight is 258 g/mol. The Morgan fingerprint density at radius 3 is 2.81 bits per heavy atom. The summed E-state index contributed by atoms with van der Waals surface area (Å²) in [6.07, 6.45) is 0. The maximum Gasteiger partial charge on any atom is 0.137 e. The molecule has 0 saturated carbocycles. The summed E-state index contributed by atoms with van der Waals surface area (Å²) < 4.78 is 0. The molecule has 0 bridgehead atoms. The molecule has 0 aromatic carbocycles. The van der Waals surface area contributed by atoms with Crippen molar-refractivity contribution in [2.24, 2.45) is 0 Å². The molecule has 3 nitrogen and oxygen atoms in total. The van der Waals surface area contributed by atoms with Crippen LogP contribution >= 0.6 is 23.4 Å². The van der Waals surface area contributed by atoms with E-state index >= 15 is 0 Å². The maximum atomic E-state index is 6.09. The van der Waals surface area contributed by atoms with Gasteiger partial charge in [0.05, 0.1) is 0 Å². The zero-order valence-electron chi connectivity index (χ0n) is 9.83. The van der Waals surface area contributed by atoms with Crippen LogP contribution in [0, 0.1) is 13.8 Å². The van der Waals surface area contributed by atoms with Crippen molar-refractivity contribution in [3.63, 3.8) is 0 Å². The van der Waals surface area contributed by atoms with Gasteiger partial charge in [-0.15, -0.1) is 0 Å². The second-order valence-electron chi connectivity index (χ2n) is 4.14. The quantitative estimate of drug-likeness (QED) is 0.724. The lowest BCUT2D eigenvalue weighted by molar-refractivity contribution is 0.760. The Morgan fingerprint density at radius 1 is 1.38 bits per heavy atom. The van der Waals surface area contributed by atoms with Crippen molar-refractivity contribution in [3.05, 3.63) is 16.5 Å². The van der Waals surface area contributed by atoms with Crippen LogP contribution in [-0.2, 0) is 0 Å². The molecule has 1 unspecified atom stereocenters. The van der Waals surface area contributed by atoms with Crippen molar-refractivity contribution in [1.82, 2.24) is 9.97 Å². The highest BCUT2D eigenvalue weighted by Crippen LogP contribution is 2.27. The smallest absolute Gasteiger partial charge is 0.137 e. The van der Waals surface area contributed by atoms with Gasteiger partial charge in [-0.1, -0.05) is 18.5 Å². The molecule has 16 heavy (non-hydrogen) atoms. The van der Waals surface area contributed by atoms with Gasteiger partial charge in [0.15, 0.2) is 0 Å². The number of hydrogen-bond acceptors (Lipinski definition) is 4. The molecule has 0 N–H and O–H groups in total. The third kappa shape index (κ3) is 2.43. The van der Waals surface area contributed by atoms with Crippen LogP contribution in [0.2, 0.25) is 5.15 Å². The van der Waals surface area contributed by atoms with Gasteiger partial charge in [-0.25, -0.2) is 9.97 Å². The third-order valence-corrected chi connectivity index (χ3v) is 4.22. The Kier molecular flexibility index (Phi) is 3.60. The zero-order chi connectivity index (χ0) is 11.7. The van der Waals surface area contributed by atoms with E-state index in [9.17, 15) is 0 Å². The molecule has 1 saturated heterocycles. The second-order valence-corrected chi connectivity index (χ2v) is 6.04. The van der Waals surface area contributed by atoms with E-state index in [1.54, 1.807) is 0 Å². The van der Waals surface area contributed by atoms with Gasteiger partial charge in [0.25, 0.3) is 0 Å². The van der Waals surface area contributed by atoms with Crippen LogP contribution in [0.3, 0.4) is 0 Å². The number of rotatable bonds is 1. The summed E-state index contributed by atoms with van der Waals surface area (Å²) in [5.74, 6) is 2.91. The Morgan fingerprint density at radius 2 is 2.12 bits per heavy atom. The predicted molar refractivity (Wildman–Crippen MR) is 70.6 cm³/mol. The fourth-order valence-electron chi connectivity index (χ4n) is 1.90. The number of nitrogens with zero attached hydrogens (tertiary/aromatic N) is 3. The molecule has 5 heteroatoms. The van der Waals surface area contributed by atoms with Crippen LogP contribution in [0.15, 0.2) is 0 Å². The first-order valence-electron chi connectivity index (χ1n) is 5.45. The third-order valence-electron chi connectivity index (χ3n) is 2.71. The standard InChI is InChI=1S/C11H16ClN3S/c1-7-6-15(4-5-16-7)11-8(2)10(12)13-9(3)14-11/h7H,4-6H2,1-3H3. The highest BCUT2D eigenvalue weighted by Gasteiger charge is 2.20. The largest absolute Gasteiger partial charge is 0.354 e. The Bertz CT molecular complexity index is 397. The summed E-state index contributed by atoms with van der Waals surface area (Å²) in [6, 6.07) is 0. The van der Waals surface area contributed by atoms with E-state index in [1.807, 2.05) is 25.6 Å². The SMILES string of the molecule is Cc1nc(Cl)c(C)c(N2CCSC(C)C2)n1. The molecule has 0 radical (unpaired) electrons. The molecule has 1 aromatic heterocycles. The summed E-state index contributed by atoms with van der Waals surface area (Å²) in [7, 11) is 0. The van der Waals surface area contributed by atoms with Crippen LogP contribution in [0.1, 0.15) is 18.3 Å². The van der Waals surface area contributed by atoms with Crippen molar-refractivity contribution in [2.75, 3.05) is 23.7 Å². The van der Waals surface area contributed by atoms with Gasteiger partial charge >= 0.3 is 0 Å². The highest BCUT2D eigenvalue weighted by atomic mass is 35.5. The van der Waals surface area contributed by atoms with Gasteiger partial charge in [-0.2, -0.15) is 11.8 Å². The molecule has 2 rings (SSSR count). The molecular weight excluding hydrogens is 242 g/mol. The maximum absolute atomic E-state index is 6.09. The molecule has 1 aromatic rings. The number of halogens is 1. The van der Waals surface area contributed by atoms with Gasteiger partial charge in [0.1, 0.15) is 16.8 Å². The highest BCUT2D eigenvalue weighted by molar-refractivity contribution is 8.00. The van der Waals surface area contributed by atoms with E-state index < -0.39 is 0 Å². The van der Waals surface area contributed by atoms with Crippen molar-refractivity contribution < 1.29 is 0 Å². The van der Waals surface area contributed by atoms with Crippen molar-refractivity contribution >= 4 is 29.2 Å². The average Bonchev–Trinajstić information content (AvgIpc) is 2.23. The van der Waals surface area contributed by atoms with Gasteiger partial charge in [0, 0.05) is 29.7 Å². The zero-order valence-corrected chi connectivity index (χ0v) is 11.4. The molecule has 0 amide bonds. The lowest BCUT2D eigenvalue weighted by Gasteiger charge is -2.32. The molecule has 1 aliphatic rings. The van der Waals surface area contributed by atoms with Crippen LogP contribution < -0.4 is 4.90 Å². The van der Waals surface area contributed by atoms with Crippen LogP contribution in [-0.4, -0.2) is 34.1 Å². The minimum Gasteiger partial charge on any atom is -0.354 e. The first-order valence-corrected chi connectivity index (χ1v) is 6.88. The Labute approximate surface area is 106 Å². The Balaban J connectivity index is 2.32. The molecule has 1 aliphatic heterocycles. The van der Waals surface area contributed by atoms with E-state index in [0.29, 0.717) is 10.4 Å². The number of thioether (sulfide) groups is 1. The summed E-state index contributed by atoms with van der Waals surface area (Å²) >= 11 is 8.10. The minimum atomic E-state index is 0.577. The van der Waals surface area contributed by atoms with E-state index in [-0.39, 0.29) is 0 Å². The van der Waals surface area contributed by atoms with Crippen molar-refractivity contribution in [3.8, 4) is 0 Å². The van der Waals surface area contributed by atoms with E-state index in [1.165, 1.54) is 0 Å². The van der Waals surface area contributed by atoms with E-state index in [4.69, 9.17) is 11.6 Å². The number of anilines is 1. The lowest BCUT2D eigenvalue weighted by atomic mass is 10.3. The summed E-state index contributed by atoms with van der Waals surface area (Å²) in [5.41, 5.74) is 0.992. The number of hydrogen-bond donors (Lipinski definition) is 0. The topological polar surface area (TPSA) is 29.0 Å². The summed E-state index contributed by atoms with van der Waals surface area (Å²) in [6.45, 7) is 8.21. The fourth-order valence-corrected chi connectivity index (χ4v) is 3.12.